The first-order valence-corrected chi connectivity index (χ1v) is 7.59. The van der Waals surface area contributed by atoms with Crippen LogP contribution in [0.5, 0.6) is 0 Å². The van der Waals surface area contributed by atoms with E-state index in [0.717, 1.165) is 22.9 Å². The molecule has 1 N–H and O–H groups in total. The summed E-state index contributed by atoms with van der Waals surface area (Å²) in [5.74, 6) is -0.00703. The first kappa shape index (κ1) is 13.4. The summed E-state index contributed by atoms with van der Waals surface area (Å²) in [6.45, 7) is 2.01. The van der Waals surface area contributed by atoms with Gasteiger partial charge in [-0.1, -0.05) is 46.3 Å². The maximum absolute atomic E-state index is 12.3. The van der Waals surface area contributed by atoms with Gasteiger partial charge < -0.3 is 5.32 Å². The number of rotatable bonds is 2. The van der Waals surface area contributed by atoms with Crippen molar-refractivity contribution in [2.75, 3.05) is 0 Å². The predicted molar refractivity (Wildman–Crippen MR) is 83.8 cm³/mol. The summed E-state index contributed by atoms with van der Waals surface area (Å²) in [4.78, 5) is 12.3. The molecule has 0 spiro atoms. The van der Waals surface area contributed by atoms with Crippen LogP contribution in [-0.4, -0.2) is 5.91 Å². The van der Waals surface area contributed by atoms with E-state index in [1.165, 1.54) is 11.1 Å². The zero-order chi connectivity index (χ0) is 14.1. The highest BCUT2D eigenvalue weighted by atomic mass is 79.9. The second-order valence-electron chi connectivity index (χ2n) is 5.23. The van der Waals surface area contributed by atoms with E-state index in [1.54, 1.807) is 0 Å². The van der Waals surface area contributed by atoms with Crippen molar-refractivity contribution >= 4 is 21.8 Å². The summed E-state index contributed by atoms with van der Waals surface area (Å²) >= 11 is 3.47. The second-order valence-corrected chi connectivity index (χ2v) is 6.08. The molecule has 2 aromatic rings. The van der Waals surface area contributed by atoms with Crippen molar-refractivity contribution in [1.29, 1.82) is 0 Å². The highest BCUT2D eigenvalue weighted by Crippen LogP contribution is 2.31. The average Bonchev–Trinajstić information content (AvgIpc) is 2.85. The Morgan fingerprint density at radius 3 is 2.85 bits per heavy atom. The molecule has 1 amide bonds. The van der Waals surface area contributed by atoms with Crippen molar-refractivity contribution in [3.63, 3.8) is 0 Å². The highest BCUT2D eigenvalue weighted by molar-refractivity contribution is 9.10. The van der Waals surface area contributed by atoms with Crippen molar-refractivity contribution < 1.29 is 4.79 Å². The van der Waals surface area contributed by atoms with E-state index in [0.29, 0.717) is 5.56 Å². The number of carbonyl (C=O) groups excluding carboxylic acids is 1. The van der Waals surface area contributed by atoms with Crippen LogP contribution in [-0.2, 0) is 6.42 Å². The largest absolute Gasteiger partial charge is 0.345 e. The average molecular weight is 330 g/mol. The molecule has 2 aromatic carbocycles. The normalized spacial score (nSPS) is 16.8. The third-order valence-corrected chi connectivity index (χ3v) is 4.73. The zero-order valence-corrected chi connectivity index (χ0v) is 12.9. The van der Waals surface area contributed by atoms with Crippen molar-refractivity contribution in [2.24, 2.45) is 0 Å². The lowest BCUT2D eigenvalue weighted by atomic mass is 10.1. The van der Waals surface area contributed by atoms with Gasteiger partial charge in [-0.05, 0) is 48.6 Å². The summed E-state index contributed by atoms with van der Waals surface area (Å²) in [6, 6.07) is 14.2. The lowest BCUT2D eigenvalue weighted by Crippen LogP contribution is -2.27. The molecular formula is C17H16BrNO. The number of benzene rings is 2. The fourth-order valence-electron chi connectivity index (χ4n) is 2.68. The SMILES string of the molecule is Cc1ccc(C(=O)NC2CCc3ccccc32)cc1Br. The van der Waals surface area contributed by atoms with Crippen LogP contribution in [0.1, 0.15) is 39.5 Å². The van der Waals surface area contributed by atoms with E-state index in [1.807, 2.05) is 31.2 Å². The molecular weight excluding hydrogens is 314 g/mol. The van der Waals surface area contributed by atoms with Gasteiger partial charge in [0.05, 0.1) is 6.04 Å². The molecule has 1 aliphatic rings. The van der Waals surface area contributed by atoms with E-state index in [2.05, 4.69) is 39.4 Å². The smallest absolute Gasteiger partial charge is 0.251 e. The Labute approximate surface area is 127 Å². The molecule has 1 atom stereocenters. The number of amides is 1. The maximum atomic E-state index is 12.3. The standard InChI is InChI=1S/C17H16BrNO/c1-11-6-7-13(10-15(11)18)17(20)19-16-9-8-12-4-2-3-5-14(12)16/h2-7,10,16H,8-9H2,1H3,(H,19,20). The number of hydrogen-bond donors (Lipinski definition) is 1. The molecule has 1 aliphatic carbocycles. The Hall–Kier alpha value is -1.61. The van der Waals surface area contributed by atoms with E-state index in [4.69, 9.17) is 0 Å². The van der Waals surface area contributed by atoms with Crippen LogP contribution in [0.25, 0.3) is 0 Å². The Morgan fingerprint density at radius 1 is 1.25 bits per heavy atom. The Balaban J connectivity index is 1.79. The summed E-state index contributed by atoms with van der Waals surface area (Å²) in [7, 11) is 0. The number of carbonyl (C=O) groups is 1. The third-order valence-electron chi connectivity index (χ3n) is 3.87. The third kappa shape index (κ3) is 2.50. The predicted octanol–water partition coefficient (Wildman–Crippen LogP) is 4.17. The van der Waals surface area contributed by atoms with E-state index >= 15 is 0 Å². The van der Waals surface area contributed by atoms with Gasteiger partial charge in [-0.15, -0.1) is 0 Å². The van der Waals surface area contributed by atoms with Gasteiger partial charge in [-0.3, -0.25) is 4.79 Å². The minimum absolute atomic E-state index is 0.00703. The molecule has 1 unspecified atom stereocenters. The highest BCUT2D eigenvalue weighted by Gasteiger charge is 2.23. The summed E-state index contributed by atoms with van der Waals surface area (Å²) in [5, 5.41) is 3.14. The van der Waals surface area contributed by atoms with Gasteiger partial charge in [0.25, 0.3) is 5.91 Å². The number of halogens is 1. The monoisotopic (exact) mass is 329 g/mol. The van der Waals surface area contributed by atoms with Crippen LogP contribution < -0.4 is 5.32 Å². The first-order chi connectivity index (χ1) is 9.65. The second kappa shape index (κ2) is 5.41. The molecule has 102 valence electrons. The first-order valence-electron chi connectivity index (χ1n) is 6.80. The molecule has 0 radical (unpaired) electrons. The van der Waals surface area contributed by atoms with Crippen LogP contribution in [0.2, 0.25) is 0 Å². The molecule has 20 heavy (non-hydrogen) atoms. The van der Waals surface area contributed by atoms with Crippen molar-refractivity contribution in [3.8, 4) is 0 Å². The minimum atomic E-state index is -0.00703. The van der Waals surface area contributed by atoms with Gasteiger partial charge >= 0.3 is 0 Å². The van der Waals surface area contributed by atoms with Gasteiger partial charge in [0.1, 0.15) is 0 Å². The van der Waals surface area contributed by atoms with Crippen LogP contribution in [0, 0.1) is 6.92 Å². The molecule has 0 saturated heterocycles. The van der Waals surface area contributed by atoms with Gasteiger partial charge in [0, 0.05) is 10.0 Å². The van der Waals surface area contributed by atoms with E-state index in [-0.39, 0.29) is 11.9 Å². The lowest BCUT2D eigenvalue weighted by molar-refractivity contribution is 0.0936. The summed E-state index contributed by atoms with van der Waals surface area (Å²) in [6.07, 6.45) is 2.02. The molecule has 3 heteroatoms. The topological polar surface area (TPSA) is 29.1 Å². The van der Waals surface area contributed by atoms with Gasteiger partial charge in [0.15, 0.2) is 0 Å². The van der Waals surface area contributed by atoms with Gasteiger partial charge in [-0.2, -0.15) is 0 Å². The summed E-state index contributed by atoms with van der Waals surface area (Å²) < 4.78 is 0.969. The Kier molecular flexibility index (Phi) is 3.62. The fourth-order valence-corrected chi connectivity index (χ4v) is 3.06. The molecule has 0 saturated carbocycles. The van der Waals surface area contributed by atoms with Gasteiger partial charge in [0.2, 0.25) is 0 Å². The number of hydrogen-bond acceptors (Lipinski definition) is 1. The van der Waals surface area contributed by atoms with Crippen molar-refractivity contribution in [1.82, 2.24) is 5.32 Å². The number of aryl methyl sites for hydroxylation is 2. The molecule has 0 aliphatic heterocycles. The van der Waals surface area contributed by atoms with Gasteiger partial charge in [-0.25, -0.2) is 0 Å². The Bertz CT molecular complexity index is 666. The maximum Gasteiger partial charge on any atom is 0.251 e. The van der Waals surface area contributed by atoms with Crippen LogP contribution in [0.15, 0.2) is 46.9 Å². The van der Waals surface area contributed by atoms with Crippen LogP contribution in [0.3, 0.4) is 0 Å². The van der Waals surface area contributed by atoms with Crippen LogP contribution in [0.4, 0.5) is 0 Å². The van der Waals surface area contributed by atoms with Crippen molar-refractivity contribution in [2.45, 2.75) is 25.8 Å². The minimum Gasteiger partial charge on any atom is -0.345 e. The fraction of sp³-hybridized carbons (Fsp3) is 0.235. The number of fused-ring (bicyclic) bond motifs is 1. The number of nitrogens with one attached hydrogen (secondary N) is 1. The summed E-state index contributed by atoms with van der Waals surface area (Å²) in [5.41, 5.74) is 4.44. The molecule has 0 heterocycles. The zero-order valence-electron chi connectivity index (χ0n) is 11.3. The molecule has 0 aromatic heterocycles. The Morgan fingerprint density at radius 2 is 2.05 bits per heavy atom. The van der Waals surface area contributed by atoms with Crippen LogP contribution >= 0.6 is 15.9 Å². The quantitative estimate of drug-likeness (QED) is 0.880. The molecule has 2 nitrogen and oxygen atoms in total. The van der Waals surface area contributed by atoms with Crippen molar-refractivity contribution in [3.05, 3.63) is 69.2 Å². The lowest BCUT2D eigenvalue weighted by Gasteiger charge is -2.14. The van der Waals surface area contributed by atoms with E-state index in [9.17, 15) is 4.79 Å². The molecule has 0 fully saturated rings. The molecule has 3 rings (SSSR count). The molecule has 0 bridgehead atoms. The van der Waals surface area contributed by atoms with E-state index < -0.39 is 0 Å².